The zero-order valence-electron chi connectivity index (χ0n) is 10.1. The van der Waals surface area contributed by atoms with E-state index < -0.39 is 0 Å². The van der Waals surface area contributed by atoms with Gasteiger partial charge in [-0.1, -0.05) is 11.6 Å². The maximum absolute atomic E-state index is 5.99. The average molecular weight is 286 g/mol. The molecule has 5 nitrogen and oxygen atoms in total. The zero-order chi connectivity index (χ0) is 13.4. The van der Waals surface area contributed by atoms with Crippen molar-refractivity contribution < 1.29 is 0 Å². The third kappa shape index (κ3) is 5.29. The molecule has 0 bridgehead atoms. The second-order valence-electron chi connectivity index (χ2n) is 3.42. The summed E-state index contributed by atoms with van der Waals surface area (Å²) in [7, 11) is 0. The number of nitrogens with one attached hydrogen (secondary N) is 2. The second kappa shape index (κ2) is 7.84. The molecule has 1 aromatic heterocycles. The number of nitrogens with two attached hydrogens (primary N) is 1. The molecule has 0 saturated carbocycles. The van der Waals surface area contributed by atoms with Gasteiger partial charge in [-0.15, -0.1) is 0 Å². The molecule has 0 aliphatic rings. The molecule has 18 heavy (non-hydrogen) atoms. The lowest BCUT2D eigenvalue weighted by Crippen LogP contribution is -2.43. The summed E-state index contributed by atoms with van der Waals surface area (Å²) >= 11 is 11.0. The summed E-state index contributed by atoms with van der Waals surface area (Å²) in [4.78, 5) is 8.15. The van der Waals surface area contributed by atoms with Gasteiger partial charge in [-0.2, -0.15) is 0 Å². The minimum Gasteiger partial charge on any atom is -0.370 e. The van der Waals surface area contributed by atoms with Gasteiger partial charge in [0.05, 0.1) is 10.7 Å². The smallest absolute Gasteiger partial charge is 0.194 e. The van der Waals surface area contributed by atoms with Crippen molar-refractivity contribution in [1.29, 1.82) is 0 Å². The molecule has 1 aromatic rings. The molecule has 98 valence electrons. The molecular weight excluding hydrogens is 270 g/mol. The minimum absolute atomic E-state index is 0.311. The van der Waals surface area contributed by atoms with Crippen LogP contribution in [0.15, 0.2) is 23.3 Å². The van der Waals surface area contributed by atoms with Crippen LogP contribution in [0.4, 0.5) is 0 Å². The van der Waals surface area contributed by atoms with E-state index in [0.29, 0.717) is 35.6 Å². The quantitative estimate of drug-likeness (QED) is 0.438. The number of hydrogen-bond acceptors (Lipinski definition) is 3. The van der Waals surface area contributed by atoms with E-state index in [0.717, 1.165) is 5.69 Å². The van der Waals surface area contributed by atoms with Crippen molar-refractivity contribution in [2.75, 3.05) is 13.1 Å². The summed E-state index contributed by atoms with van der Waals surface area (Å²) < 4.78 is 0. The summed E-state index contributed by atoms with van der Waals surface area (Å²) in [6, 6.07) is 3.61. The molecule has 1 heterocycles. The molecule has 0 aromatic carbocycles. The lowest BCUT2D eigenvalue weighted by Gasteiger charge is -2.09. The number of nitrogens with zero attached hydrogens (tertiary/aromatic N) is 2. The maximum Gasteiger partial charge on any atom is 0.194 e. The Balaban J connectivity index is 2.32. The fourth-order valence-electron chi connectivity index (χ4n) is 1.27. The van der Waals surface area contributed by atoms with Crippen LogP contribution in [0, 0.1) is 0 Å². The molecule has 0 unspecified atom stereocenters. The van der Waals surface area contributed by atoms with Crippen molar-refractivity contribution in [1.82, 2.24) is 15.6 Å². The van der Waals surface area contributed by atoms with E-state index in [1.165, 1.54) is 0 Å². The third-order valence-corrected chi connectivity index (χ3v) is 2.64. The monoisotopic (exact) mass is 285 g/mol. The maximum atomic E-state index is 5.99. The van der Waals surface area contributed by atoms with Gasteiger partial charge in [-0.05, 0) is 31.3 Å². The van der Waals surface area contributed by atoms with E-state index >= 15 is 0 Å². The van der Waals surface area contributed by atoms with Gasteiger partial charge < -0.3 is 16.4 Å². The number of pyridine rings is 1. The molecule has 0 fully saturated rings. The highest BCUT2D eigenvalue weighted by Crippen LogP contribution is 2.11. The van der Waals surface area contributed by atoms with Gasteiger partial charge in [0.15, 0.2) is 11.1 Å². The number of hydrogen-bond donors (Lipinski definition) is 3. The Morgan fingerprint density at radius 3 is 3.06 bits per heavy atom. The van der Waals surface area contributed by atoms with Crippen LogP contribution >= 0.6 is 23.8 Å². The van der Waals surface area contributed by atoms with Crippen LogP contribution in [0.1, 0.15) is 12.6 Å². The van der Waals surface area contributed by atoms with Crippen LogP contribution in [0.3, 0.4) is 0 Å². The number of guanidine groups is 1. The molecule has 0 spiro atoms. The normalized spacial score (nSPS) is 11.1. The Bertz CT molecular complexity index is 435. The number of halogens is 1. The lowest BCUT2D eigenvalue weighted by atomic mass is 10.3. The Hall–Kier alpha value is -1.40. The largest absolute Gasteiger partial charge is 0.370 e. The SMILES string of the molecule is CCN=C(N)NC(=S)NCCc1ncccc1Cl. The third-order valence-electron chi connectivity index (χ3n) is 2.05. The van der Waals surface area contributed by atoms with Crippen molar-refractivity contribution >= 4 is 34.9 Å². The average Bonchev–Trinajstić information content (AvgIpc) is 2.31. The predicted octanol–water partition coefficient (Wildman–Crippen LogP) is 1.08. The molecule has 1 rings (SSSR count). The van der Waals surface area contributed by atoms with Gasteiger partial charge in [-0.3, -0.25) is 9.98 Å². The van der Waals surface area contributed by atoms with Crippen LogP contribution in [0.5, 0.6) is 0 Å². The molecule has 4 N–H and O–H groups in total. The molecule has 0 saturated heterocycles. The van der Waals surface area contributed by atoms with E-state index in [-0.39, 0.29) is 0 Å². The van der Waals surface area contributed by atoms with Crippen LogP contribution in [0.2, 0.25) is 5.02 Å². The first kappa shape index (κ1) is 14.7. The molecule has 0 aliphatic heterocycles. The van der Waals surface area contributed by atoms with E-state index in [2.05, 4.69) is 20.6 Å². The minimum atomic E-state index is 0.311. The van der Waals surface area contributed by atoms with Crippen molar-refractivity contribution in [2.45, 2.75) is 13.3 Å². The van der Waals surface area contributed by atoms with Gasteiger partial charge in [-0.25, -0.2) is 0 Å². The second-order valence-corrected chi connectivity index (χ2v) is 4.24. The van der Waals surface area contributed by atoms with Gasteiger partial charge >= 0.3 is 0 Å². The first-order valence-corrected chi connectivity index (χ1v) is 6.36. The van der Waals surface area contributed by atoms with Crippen LogP contribution in [0.25, 0.3) is 0 Å². The summed E-state index contributed by atoms with van der Waals surface area (Å²) in [5.74, 6) is 0.311. The van der Waals surface area contributed by atoms with Crippen LogP contribution in [-0.4, -0.2) is 29.1 Å². The first-order valence-electron chi connectivity index (χ1n) is 5.57. The molecule has 0 amide bonds. The highest BCUT2D eigenvalue weighted by Gasteiger charge is 2.01. The Morgan fingerprint density at radius 2 is 2.39 bits per heavy atom. The predicted molar refractivity (Wildman–Crippen MR) is 78.9 cm³/mol. The van der Waals surface area contributed by atoms with Crippen LogP contribution < -0.4 is 16.4 Å². The van der Waals surface area contributed by atoms with E-state index in [9.17, 15) is 0 Å². The fourth-order valence-corrected chi connectivity index (χ4v) is 1.69. The van der Waals surface area contributed by atoms with Gasteiger partial charge in [0, 0.05) is 25.7 Å². The summed E-state index contributed by atoms with van der Waals surface area (Å²) in [5.41, 5.74) is 6.41. The van der Waals surface area contributed by atoms with Crippen molar-refractivity contribution in [3.05, 3.63) is 29.0 Å². The number of thiocarbonyl (C=S) groups is 1. The van der Waals surface area contributed by atoms with E-state index in [4.69, 9.17) is 29.6 Å². The van der Waals surface area contributed by atoms with E-state index in [1.807, 2.05) is 13.0 Å². The van der Waals surface area contributed by atoms with Gasteiger partial charge in [0.2, 0.25) is 0 Å². The number of rotatable bonds is 4. The van der Waals surface area contributed by atoms with E-state index in [1.54, 1.807) is 12.3 Å². The zero-order valence-corrected chi connectivity index (χ0v) is 11.7. The summed E-state index contributed by atoms with van der Waals surface area (Å²) in [5, 5.41) is 6.88. The Morgan fingerprint density at radius 1 is 1.61 bits per heavy atom. The highest BCUT2D eigenvalue weighted by molar-refractivity contribution is 7.80. The summed E-state index contributed by atoms with van der Waals surface area (Å²) in [6.07, 6.45) is 2.40. The highest BCUT2D eigenvalue weighted by atomic mass is 35.5. The first-order chi connectivity index (χ1) is 8.63. The molecule has 7 heteroatoms. The standard InChI is InChI=1S/C11H16ClN5S/c1-2-14-10(13)17-11(18)16-7-5-9-8(12)4-3-6-15-9/h3-4,6H,2,5,7H2,1H3,(H4,13,14,16,17,18). The molecule has 0 atom stereocenters. The topological polar surface area (TPSA) is 75.3 Å². The Kier molecular flexibility index (Phi) is 6.38. The lowest BCUT2D eigenvalue weighted by molar-refractivity contribution is 0.836. The molecule has 0 radical (unpaired) electrons. The van der Waals surface area contributed by atoms with Crippen molar-refractivity contribution in [3.8, 4) is 0 Å². The van der Waals surface area contributed by atoms with Crippen molar-refractivity contribution in [3.63, 3.8) is 0 Å². The van der Waals surface area contributed by atoms with Gasteiger partial charge in [0.1, 0.15) is 0 Å². The van der Waals surface area contributed by atoms with Gasteiger partial charge in [0.25, 0.3) is 0 Å². The van der Waals surface area contributed by atoms with Crippen molar-refractivity contribution in [2.24, 2.45) is 10.7 Å². The number of aromatic nitrogens is 1. The summed E-state index contributed by atoms with van der Waals surface area (Å²) in [6.45, 7) is 3.14. The molecular formula is C11H16ClN5S. The molecule has 0 aliphatic carbocycles. The Labute approximate surface area is 117 Å². The number of aliphatic imine (C=N–C) groups is 1. The fraction of sp³-hybridized carbons (Fsp3) is 0.364. The van der Waals surface area contributed by atoms with Crippen LogP contribution in [-0.2, 0) is 6.42 Å².